The van der Waals surface area contributed by atoms with Gasteiger partial charge in [0.15, 0.2) is 6.10 Å². The summed E-state index contributed by atoms with van der Waals surface area (Å²) >= 11 is 0. The molecule has 1 amide bonds. The van der Waals surface area contributed by atoms with E-state index in [-0.39, 0.29) is 29.5 Å². The number of benzene rings is 3. The van der Waals surface area contributed by atoms with E-state index in [1.165, 1.54) is 53.8 Å². The topological polar surface area (TPSA) is 88.1 Å². The molecule has 0 atom stereocenters. The van der Waals surface area contributed by atoms with Crippen molar-refractivity contribution in [3.63, 3.8) is 0 Å². The third-order valence-corrected chi connectivity index (χ3v) is 7.79. The highest BCUT2D eigenvalue weighted by molar-refractivity contribution is 7.89. The fourth-order valence-corrected chi connectivity index (χ4v) is 5.37. The number of nitrogens with zero attached hydrogens (tertiary/aromatic N) is 2. The highest BCUT2D eigenvalue weighted by atomic mass is 32.2. The third kappa shape index (κ3) is 7.02. The molecule has 1 aliphatic rings. The van der Waals surface area contributed by atoms with Crippen LogP contribution >= 0.6 is 0 Å². The van der Waals surface area contributed by atoms with Crippen LogP contribution in [0.5, 0.6) is 0 Å². The molecule has 0 aromatic heterocycles. The minimum Gasteiger partial charge on any atom is -0.383 e. The van der Waals surface area contributed by atoms with E-state index in [1.807, 2.05) is 13.8 Å². The van der Waals surface area contributed by atoms with Gasteiger partial charge >= 0.3 is 0 Å². The van der Waals surface area contributed by atoms with E-state index in [1.54, 1.807) is 30.3 Å². The van der Waals surface area contributed by atoms with E-state index in [0.717, 1.165) is 0 Å². The molecule has 1 aliphatic heterocycles. The van der Waals surface area contributed by atoms with Crippen LogP contribution in [0.15, 0.2) is 82.8 Å². The summed E-state index contributed by atoms with van der Waals surface area (Å²) in [5.41, 5.74) is 2.22. The monoisotopic (exact) mass is 543 g/mol. The molecule has 0 unspecified atom stereocenters. The molecule has 1 saturated heterocycles. The van der Waals surface area contributed by atoms with Gasteiger partial charge in [-0.3, -0.25) is 4.79 Å². The maximum atomic E-state index is 13.4. The highest BCUT2D eigenvalue weighted by Gasteiger charge is 2.29. The molecule has 1 N–H and O–H groups in total. The SMILES string of the molecule is CC.CNC(=O)c1cccc(S(=O)(=O)N2CCC(=NOC(c3ccc(F)cc3)c3ccc(F)cc3)CC2)c1. The molecular weight excluding hydrogens is 512 g/mol. The molecule has 0 spiro atoms. The molecule has 0 radical (unpaired) electrons. The van der Waals surface area contributed by atoms with Gasteiger partial charge in [-0.1, -0.05) is 49.3 Å². The van der Waals surface area contributed by atoms with Crippen molar-refractivity contribution in [3.05, 3.63) is 101 Å². The van der Waals surface area contributed by atoms with Crippen LogP contribution in [0.2, 0.25) is 0 Å². The standard InChI is InChI=1S/C26H25F2N3O4S.C2H6/c1-29-26(32)20-3-2-4-24(17-20)36(33,34)31-15-13-23(14-16-31)30-35-25(18-5-9-21(27)10-6-18)19-7-11-22(28)12-8-19;1-2/h2-12,17,25H,13-16H2,1H3,(H,29,32);1-2H3. The van der Waals surface area contributed by atoms with Gasteiger partial charge in [0, 0.05) is 38.5 Å². The first-order valence-electron chi connectivity index (χ1n) is 12.3. The molecule has 0 saturated carbocycles. The van der Waals surface area contributed by atoms with Crippen molar-refractivity contribution in [3.8, 4) is 0 Å². The Labute approximate surface area is 222 Å². The zero-order chi connectivity index (χ0) is 27.7. The number of amides is 1. The van der Waals surface area contributed by atoms with Crippen LogP contribution in [0.25, 0.3) is 0 Å². The first kappa shape index (κ1) is 28.9. The lowest BCUT2D eigenvalue weighted by atomic mass is 10.0. The number of nitrogens with one attached hydrogen (secondary N) is 1. The second-order valence-electron chi connectivity index (χ2n) is 8.26. The van der Waals surface area contributed by atoms with Crippen LogP contribution in [-0.2, 0) is 14.9 Å². The number of sulfonamides is 1. The summed E-state index contributed by atoms with van der Waals surface area (Å²) in [6.07, 6.45) is 0.0230. The molecule has 1 heterocycles. The molecule has 4 rings (SSSR count). The molecular formula is C28H31F2N3O4S. The Hall–Kier alpha value is -3.63. The Morgan fingerprint density at radius 2 is 1.45 bits per heavy atom. The largest absolute Gasteiger partial charge is 0.383 e. The Kier molecular flexibility index (Phi) is 10.1. The highest BCUT2D eigenvalue weighted by Crippen LogP contribution is 2.28. The summed E-state index contributed by atoms with van der Waals surface area (Å²) in [4.78, 5) is 17.8. The van der Waals surface area contributed by atoms with Crippen molar-refractivity contribution >= 4 is 21.6 Å². The van der Waals surface area contributed by atoms with Crippen molar-refractivity contribution < 1.29 is 26.8 Å². The van der Waals surface area contributed by atoms with Crippen molar-refractivity contribution in [2.24, 2.45) is 5.16 Å². The molecule has 1 fully saturated rings. The van der Waals surface area contributed by atoms with Gasteiger partial charge in [-0.2, -0.15) is 4.31 Å². The summed E-state index contributed by atoms with van der Waals surface area (Å²) in [5.74, 6) is -1.15. The zero-order valence-corrected chi connectivity index (χ0v) is 22.3. The van der Waals surface area contributed by atoms with Crippen LogP contribution < -0.4 is 5.32 Å². The molecule has 0 bridgehead atoms. The van der Waals surface area contributed by atoms with Crippen LogP contribution in [0, 0.1) is 11.6 Å². The van der Waals surface area contributed by atoms with E-state index in [4.69, 9.17) is 4.84 Å². The number of carbonyl (C=O) groups excluding carboxylic acids is 1. The van der Waals surface area contributed by atoms with Gasteiger partial charge in [0.05, 0.1) is 10.6 Å². The van der Waals surface area contributed by atoms with E-state index < -0.39 is 27.8 Å². The molecule has 10 heteroatoms. The summed E-state index contributed by atoms with van der Waals surface area (Å²) < 4.78 is 54.4. The van der Waals surface area contributed by atoms with Crippen LogP contribution in [-0.4, -0.2) is 44.5 Å². The van der Waals surface area contributed by atoms with Gasteiger partial charge in [-0.25, -0.2) is 17.2 Å². The molecule has 0 aliphatic carbocycles. The Morgan fingerprint density at radius 3 is 1.95 bits per heavy atom. The smallest absolute Gasteiger partial charge is 0.251 e. The number of halogens is 2. The zero-order valence-electron chi connectivity index (χ0n) is 21.5. The van der Waals surface area contributed by atoms with Gasteiger partial charge in [-0.05, 0) is 53.6 Å². The van der Waals surface area contributed by atoms with Crippen LogP contribution in [0.1, 0.15) is 54.3 Å². The summed E-state index contributed by atoms with van der Waals surface area (Å²) in [5, 5.41) is 6.76. The van der Waals surface area contributed by atoms with Crippen molar-refractivity contribution in [2.75, 3.05) is 20.1 Å². The summed E-state index contributed by atoms with van der Waals surface area (Å²) in [6.45, 7) is 4.40. The quantitative estimate of drug-likeness (QED) is 0.410. The van der Waals surface area contributed by atoms with Gasteiger partial charge in [0.25, 0.3) is 5.91 Å². The van der Waals surface area contributed by atoms with Gasteiger partial charge in [0.1, 0.15) is 11.6 Å². The Bertz CT molecular complexity index is 1310. The minimum atomic E-state index is -3.79. The number of piperidine rings is 1. The van der Waals surface area contributed by atoms with E-state index in [2.05, 4.69) is 10.5 Å². The lowest BCUT2D eigenvalue weighted by molar-refractivity contribution is 0.0855. The van der Waals surface area contributed by atoms with E-state index in [9.17, 15) is 22.0 Å². The summed E-state index contributed by atoms with van der Waals surface area (Å²) in [7, 11) is -2.31. The number of rotatable bonds is 7. The number of oxime groups is 1. The fourth-order valence-electron chi connectivity index (χ4n) is 3.88. The average Bonchev–Trinajstić information content (AvgIpc) is 2.96. The molecule has 3 aromatic carbocycles. The molecule has 7 nitrogen and oxygen atoms in total. The van der Waals surface area contributed by atoms with Gasteiger partial charge in [0.2, 0.25) is 10.0 Å². The van der Waals surface area contributed by atoms with E-state index in [0.29, 0.717) is 29.7 Å². The number of carbonyl (C=O) groups is 1. The predicted octanol–water partition coefficient (Wildman–Crippen LogP) is 5.30. The second-order valence-corrected chi connectivity index (χ2v) is 10.2. The molecule has 3 aromatic rings. The summed E-state index contributed by atoms with van der Waals surface area (Å²) in [6, 6.07) is 17.4. The Morgan fingerprint density at radius 1 is 0.921 bits per heavy atom. The molecule has 202 valence electrons. The maximum absolute atomic E-state index is 13.4. The van der Waals surface area contributed by atoms with Gasteiger partial charge in [-0.15, -0.1) is 0 Å². The van der Waals surface area contributed by atoms with Crippen molar-refractivity contribution in [1.29, 1.82) is 0 Å². The third-order valence-electron chi connectivity index (χ3n) is 5.89. The number of hydrogen-bond donors (Lipinski definition) is 1. The Balaban J connectivity index is 0.00000195. The second kappa shape index (κ2) is 13.3. The van der Waals surface area contributed by atoms with Gasteiger partial charge < -0.3 is 10.2 Å². The first-order chi connectivity index (χ1) is 18.3. The number of hydrogen-bond acceptors (Lipinski definition) is 5. The lowest BCUT2D eigenvalue weighted by Crippen LogP contribution is -2.38. The minimum absolute atomic E-state index is 0.0490. The average molecular weight is 544 g/mol. The van der Waals surface area contributed by atoms with Crippen molar-refractivity contribution in [1.82, 2.24) is 9.62 Å². The van der Waals surface area contributed by atoms with Crippen molar-refractivity contribution in [2.45, 2.75) is 37.7 Å². The first-order valence-corrected chi connectivity index (χ1v) is 13.8. The normalized spacial score (nSPS) is 13.9. The van der Waals surface area contributed by atoms with E-state index >= 15 is 0 Å². The fraction of sp³-hybridized carbons (Fsp3) is 0.286. The lowest BCUT2D eigenvalue weighted by Gasteiger charge is -2.27. The molecule has 38 heavy (non-hydrogen) atoms. The maximum Gasteiger partial charge on any atom is 0.251 e. The van der Waals surface area contributed by atoms with Crippen LogP contribution in [0.3, 0.4) is 0 Å². The van der Waals surface area contributed by atoms with Crippen LogP contribution in [0.4, 0.5) is 8.78 Å². The predicted molar refractivity (Wildman–Crippen MR) is 142 cm³/mol.